The van der Waals surface area contributed by atoms with E-state index in [1.54, 1.807) is 24.3 Å². The van der Waals surface area contributed by atoms with E-state index in [1.807, 2.05) is 0 Å². The Morgan fingerprint density at radius 1 is 1.27 bits per heavy atom. The molecule has 0 radical (unpaired) electrons. The maximum absolute atomic E-state index is 13.3. The van der Waals surface area contributed by atoms with Crippen molar-refractivity contribution in [3.63, 3.8) is 0 Å². The first-order valence-electron chi connectivity index (χ1n) is 7.76. The summed E-state index contributed by atoms with van der Waals surface area (Å²) in [7, 11) is 0. The monoisotopic (exact) mass is 383 g/mol. The second-order valence-corrected chi connectivity index (χ2v) is 6.69. The van der Waals surface area contributed by atoms with Gasteiger partial charge in [0.1, 0.15) is 23.3 Å². The van der Waals surface area contributed by atoms with Crippen LogP contribution in [-0.2, 0) is 6.54 Å². The van der Waals surface area contributed by atoms with Crippen molar-refractivity contribution in [1.82, 2.24) is 19.7 Å². The van der Waals surface area contributed by atoms with Crippen LogP contribution in [-0.4, -0.2) is 25.9 Å². The van der Waals surface area contributed by atoms with Crippen LogP contribution in [0.3, 0.4) is 0 Å². The lowest BCUT2D eigenvalue weighted by atomic mass is 10.1. The molecule has 2 aromatic heterocycles. The quantitative estimate of drug-likeness (QED) is 0.730. The molecule has 1 aliphatic rings. The van der Waals surface area contributed by atoms with Crippen LogP contribution < -0.4 is 10.5 Å². The Morgan fingerprint density at radius 3 is 2.69 bits per heavy atom. The number of alkyl halides is 3. The van der Waals surface area contributed by atoms with Crippen molar-refractivity contribution in [1.29, 1.82) is 0 Å². The summed E-state index contributed by atoms with van der Waals surface area (Å²) in [5, 5.41) is 4.90. The number of hydrogen-bond donors (Lipinski definition) is 1. The zero-order valence-corrected chi connectivity index (χ0v) is 14.1. The van der Waals surface area contributed by atoms with E-state index in [2.05, 4.69) is 15.1 Å². The number of nitrogens with two attached hydrogens (primary N) is 1. The maximum atomic E-state index is 13.3. The van der Waals surface area contributed by atoms with Crippen molar-refractivity contribution in [2.45, 2.75) is 25.6 Å². The van der Waals surface area contributed by atoms with E-state index in [9.17, 15) is 13.2 Å². The molecule has 136 valence electrons. The van der Waals surface area contributed by atoms with E-state index >= 15 is 0 Å². The third-order valence-electron chi connectivity index (χ3n) is 4.44. The first kappa shape index (κ1) is 16.9. The number of anilines is 1. The van der Waals surface area contributed by atoms with Gasteiger partial charge in [0.15, 0.2) is 5.65 Å². The van der Waals surface area contributed by atoms with Crippen molar-refractivity contribution in [3.8, 4) is 11.6 Å². The highest BCUT2D eigenvalue weighted by Crippen LogP contribution is 2.58. The molecule has 4 rings (SSSR count). The summed E-state index contributed by atoms with van der Waals surface area (Å²) in [6.07, 6.45) is -3.00. The molecular formula is C16H13ClF3N5O. The van der Waals surface area contributed by atoms with Gasteiger partial charge in [-0.2, -0.15) is 13.2 Å². The smallest absolute Gasteiger partial charge is 0.396 e. The lowest BCUT2D eigenvalue weighted by Crippen LogP contribution is -2.29. The number of halogens is 4. The van der Waals surface area contributed by atoms with Gasteiger partial charge in [-0.1, -0.05) is 17.7 Å². The molecule has 0 amide bonds. The fourth-order valence-electron chi connectivity index (χ4n) is 2.79. The van der Waals surface area contributed by atoms with E-state index in [-0.39, 0.29) is 42.1 Å². The Kier molecular flexibility index (Phi) is 3.72. The van der Waals surface area contributed by atoms with Crippen molar-refractivity contribution < 1.29 is 17.9 Å². The molecule has 1 saturated carbocycles. The lowest BCUT2D eigenvalue weighted by molar-refractivity contribution is -0.191. The standard InChI is InChI=1S/C16H13ClF3N5O/c17-9-2-1-3-10(6-9)26-14-11-12(21)22-8-23-13(11)25(24-14)7-15(4-5-15)16(18,19)20/h1-3,6,8H,4-5,7H2,(H2,21,22,23). The molecule has 0 aliphatic heterocycles. The predicted molar refractivity (Wildman–Crippen MR) is 89.0 cm³/mol. The zero-order chi connectivity index (χ0) is 18.5. The molecule has 0 spiro atoms. The van der Waals surface area contributed by atoms with Crippen LogP contribution in [0.25, 0.3) is 11.0 Å². The van der Waals surface area contributed by atoms with Gasteiger partial charge in [-0.25, -0.2) is 14.6 Å². The number of hydrogen-bond acceptors (Lipinski definition) is 5. The highest BCUT2D eigenvalue weighted by Gasteiger charge is 2.63. The minimum atomic E-state index is -4.31. The minimum Gasteiger partial charge on any atom is -0.437 e. The predicted octanol–water partition coefficient (Wildman–Crippen LogP) is 4.20. The Balaban J connectivity index is 1.77. The molecule has 1 aromatic carbocycles. The molecule has 0 unspecified atom stereocenters. The van der Waals surface area contributed by atoms with Gasteiger partial charge in [-0.05, 0) is 31.0 Å². The SMILES string of the molecule is Nc1ncnc2c1c(Oc1cccc(Cl)c1)nn2CC1(C(F)(F)F)CC1. The van der Waals surface area contributed by atoms with Crippen molar-refractivity contribution in [2.24, 2.45) is 5.41 Å². The number of benzene rings is 1. The molecule has 2 heterocycles. The largest absolute Gasteiger partial charge is 0.437 e. The zero-order valence-electron chi connectivity index (χ0n) is 13.3. The Morgan fingerprint density at radius 2 is 2.04 bits per heavy atom. The minimum absolute atomic E-state index is 0.0401. The molecule has 6 nitrogen and oxygen atoms in total. The van der Waals surface area contributed by atoms with E-state index in [0.29, 0.717) is 10.8 Å². The number of rotatable bonds is 4. The van der Waals surface area contributed by atoms with Crippen LogP contribution in [0.4, 0.5) is 19.0 Å². The normalized spacial score (nSPS) is 16.0. The van der Waals surface area contributed by atoms with E-state index < -0.39 is 11.6 Å². The van der Waals surface area contributed by atoms with Crippen LogP contribution in [0.1, 0.15) is 12.8 Å². The molecule has 10 heteroatoms. The number of fused-ring (bicyclic) bond motifs is 1. The van der Waals surface area contributed by atoms with Crippen LogP contribution in [0, 0.1) is 5.41 Å². The summed E-state index contributed by atoms with van der Waals surface area (Å²) in [6, 6.07) is 6.56. The third kappa shape index (κ3) is 2.82. The molecule has 1 fully saturated rings. The fourth-order valence-corrected chi connectivity index (χ4v) is 2.97. The third-order valence-corrected chi connectivity index (χ3v) is 4.68. The summed E-state index contributed by atoms with van der Waals surface area (Å²) < 4.78 is 46.8. The first-order chi connectivity index (χ1) is 12.3. The molecule has 0 saturated heterocycles. The summed E-state index contributed by atoms with van der Waals surface area (Å²) in [6.45, 7) is -0.345. The Hall–Kier alpha value is -2.55. The summed E-state index contributed by atoms with van der Waals surface area (Å²) in [5.74, 6) is 0.498. The highest BCUT2D eigenvalue weighted by atomic mass is 35.5. The summed E-state index contributed by atoms with van der Waals surface area (Å²) >= 11 is 5.93. The van der Waals surface area contributed by atoms with Gasteiger partial charge in [0.05, 0.1) is 12.0 Å². The maximum Gasteiger partial charge on any atom is 0.396 e. The Labute approximate surface area is 150 Å². The number of nitrogen functional groups attached to an aromatic ring is 1. The first-order valence-corrected chi connectivity index (χ1v) is 8.14. The van der Waals surface area contributed by atoms with Gasteiger partial charge in [-0.3, -0.25) is 0 Å². The van der Waals surface area contributed by atoms with Crippen LogP contribution in [0.5, 0.6) is 11.6 Å². The van der Waals surface area contributed by atoms with Gasteiger partial charge in [0.2, 0.25) is 0 Å². The van der Waals surface area contributed by atoms with E-state index in [4.69, 9.17) is 22.1 Å². The van der Waals surface area contributed by atoms with E-state index in [1.165, 1.54) is 11.0 Å². The number of aromatic nitrogens is 4. The molecule has 0 bridgehead atoms. The van der Waals surface area contributed by atoms with Gasteiger partial charge in [0, 0.05) is 5.02 Å². The second-order valence-electron chi connectivity index (χ2n) is 6.26. The number of ether oxygens (including phenoxy) is 1. The molecular weight excluding hydrogens is 371 g/mol. The van der Waals surface area contributed by atoms with Gasteiger partial charge < -0.3 is 10.5 Å². The van der Waals surface area contributed by atoms with Gasteiger partial charge in [-0.15, -0.1) is 5.10 Å². The molecule has 2 N–H and O–H groups in total. The van der Waals surface area contributed by atoms with E-state index in [0.717, 1.165) is 0 Å². The topological polar surface area (TPSA) is 78.8 Å². The van der Waals surface area contributed by atoms with Crippen LogP contribution in [0.15, 0.2) is 30.6 Å². The highest BCUT2D eigenvalue weighted by molar-refractivity contribution is 6.30. The average Bonchev–Trinajstić information content (AvgIpc) is 3.27. The molecule has 1 aliphatic carbocycles. The average molecular weight is 384 g/mol. The number of nitrogens with zero attached hydrogens (tertiary/aromatic N) is 4. The summed E-state index contributed by atoms with van der Waals surface area (Å²) in [4.78, 5) is 7.94. The molecule has 26 heavy (non-hydrogen) atoms. The Bertz CT molecular complexity index is 984. The molecule has 0 atom stereocenters. The van der Waals surface area contributed by atoms with Crippen LogP contribution in [0.2, 0.25) is 5.02 Å². The van der Waals surface area contributed by atoms with Gasteiger partial charge in [0.25, 0.3) is 5.88 Å². The van der Waals surface area contributed by atoms with Gasteiger partial charge >= 0.3 is 6.18 Å². The van der Waals surface area contributed by atoms with Crippen molar-refractivity contribution in [3.05, 3.63) is 35.6 Å². The summed E-state index contributed by atoms with van der Waals surface area (Å²) in [5.41, 5.74) is 4.31. The van der Waals surface area contributed by atoms with Crippen molar-refractivity contribution >= 4 is 28.5 Å². The molecule has 3 aromatic rings. The second kappa shape index (κ2) is 5.73. The lowest BCUT2D eigenvalue weighted by Gasteiger charge is -2.18. The fraction of sp³-hybridized carbons (Fsp3) is 0.312. The van der Waals surface area contributed by atoms with Crippen LogP contribution >= 0.6 is 11.6 Å². The van der Waals surface area contributed by atoms with Crippen molar-refractivity contribution in [2.75, 3.05) is 5.73 Å².